The molecule has 0 fully saturated rings. The Bertz CT molecular complexity index is 525. The molecule has 1 aromatic heterocycles. The minimum absolute atomic E-state index is 0.325. The van der Waals surface area contributed by atoms with Crippen LogP contribution in [-0.2, 0) is 6.54 Å². The highest BCUT2D eigenvalue weighted by molar-refractivity contribution is 5.40. The summed E-state index contributed by atoms with van der Waals surface area (Å²) in [6.45, 7) is 3.58. The summed E-state index contributed by atoms with van der Waals surface area (Å²) in [5.74, 6) is 0.282. The molecule has 1 aromatic carbocycles. The molecule has 1 heterocycles. The summed E-state index contributed by atoms with van der Waals surface area (Å²) in [7, 11) is 1.55. The SMILES string of the molecule is CCNCc1ccn(-c2cc(OC)ccc2F)n1. The maximum absolute atomic E-state index is 13.7. The van der Waals surface area contributed by atoms with Crippen molar-refractivity contribution in [2.45, 2.75) is 13.5 Å². The zero-order valence-corrected chi connectivity index (χ0v) is 10.5. The van der Waals surface area contributed by atoms with Crippen LogP contribution in [0.2, 0.25) is 0 Å². The Hall–Kier alpha value is -1.88. The largest absolute Gasteiger partial charge is 0.497 e. The number of rotatable bonds is 5. The molecule has 5 heteroatoms. The van der Waals surface area contributed by atoms with E-state index in [1.807, 2.05) is 13.0 Å². The van der Waals surface area contributed by atoms with Crippen LogP contribution in [0.1, 0.15) is 12.6 Å². The van der Waals surface area contributed by atoms with Crippen molar-refractivity contribution >= 4 is 0 Å². The summed E-state index contributed by atoms with van der Waals surface area (Å²) in [6, 6.07) is 6.45. The van der Waals surface area contributed by atoms with E-state index in [1.165, 1.54) is 10.7 Å². The van der Waals surface area contributed by atoms with Gasteiger partial charge in [0.15, 0.2) is 0 Å². The Morgan fingerprint density at radius 2 is 2.22 bits per heavy atom. The lowest BCUT2D eigenvalue weighted by Crippen LogP contribution is -2.12. The Morgan fingerprint density at radius 1 is 1.39 bits per heavy atom. The lowest BCUT2D eigenvalue weighted by Gasteiger charge is -2.06. The lowest BCUT2D eigenvalue weighted by molar-refractivity contribution is 0.413. The average molecular weight is 249 g/mol. The minimum atomic E-state index is -0.325. The van der Waals surface area contributed by atoms with Crippen molar-refractivity contribution in [1.29, 1.82) is 0 Å². The van der Waals surface area contributed by atoms with Crippen molar-refractivity contribution in [3.05, 3.63) is 42.0 Å². The molecule has 2 aromatic rings. The first-order valence-electron chi connectivity index (χ1n) is 5.83. The van der Waals surface area contributed by atoms with Gasteiger partial charge in [-0.3, -0.25) is 0 Å². The molecule has 0 unspecified atom stereocenters. The predicted molar refractivity (Wildman–Crippen MR) is 67.5 cm³/mol. The number of hydrogen-bond acceptors (Lipinski definition) is 3. The predicted octanol–water partition coefficient (Wildman–Crippen LogP) is 2.13. The van der Waals surface area contributed by atoms with Crippen LogP contribution in [0.4, 0.5) is 4.39 Å². The van der Waals surface area contributed by atoms with Gasteiger partial charge >= 0.3 is 0 Å². The normalized spacial score (nSPS) is 10.6. The van der Waals surface area contributed by atoms with Crippen molar-refractivity contribution in [2.24, 2.45) is 0 Å². The van der Waals surface area contributed by atoms with Crippen molar-refractivity contribution in [1.82, 2.24) is 15.1 Å². The van der Waals surface area contributed by atoms with Crippen molar-refractivity contribution in [3.63, 3.8) is 0 Å². The summed E-state index contributed by atoms with van der Waals surface area (Å²) in [5.41, 5.74) is 1.26. The third-order valence-corrected chi connectivity index (χ3v) is 2.60. The third kappa shape index (κ3) is 2.68. The van der Waals surface area contributed by atoms with Crippen LogP contribution in [0.3, 0.4) is 0 Å². The van der Waals surface area contributed by atoms with Gasteiger partial charge in [-0.25, -0.2) is 9.07 Å². The van der Waals surface area contributed by atoms with E-state index in [0.717, 1.165) is 12.2 Å². The van der Waals surface area contributed by atoms with Crippen LogP contribution in [0.15, 0.2) is 30.5 Å². The average Bonchev–Trinajstić information content (AvgIpc) is 2.85. The summed E-state index contributed by atoms with van der Waals surface area (Å²) in [4.78, 5) is 0. The van der Waals surface area contributed by atoms with E-state index in [1.54, 1.807) is 25.4 Å². The van der Waals surface area contributed by atoms with Gasteiger partial charge in [0.2, 0.25) is 0 Å². The molecule has 0 saturated heterocycles. The molecule has 0 amide bonds. The molecule has 2 rings (SSSR count). The molecule has 0 radical (unpaired) electrons. The zero-order valence-electron chi connectivity index (χ0n) is 10.5. The zero-order chi connectivity index (χ0) is 13.0. The highest BCUT2D eigenvalue weighted by Crippen LogP contribution is 2.19. The topological polar surface area (TPSA) is 39.1 Å². The van der Waals surface area contributed by atoms with Crippen molar-refractivity contribution < 1.29 is 9.13 Å². The number of halogens is 1. The van der Waals surface area contributed by atoms with Gasteiger partial charge in [-0.2, -0.15) is 5.10 Å². The summed E-state index contributed by atoms with van der Waals surface area (Å²) in [6.07, 6.45) is 1.74. The van der Waals surface area contributed by atoms with Gasteiger partial charge in [0.1, 0.15) is 17.3 Å². The molecular weight excluding hydrogens is 233 g/mol. The fourth-order valence-corrected chi connectivity index (χ4v) is 1.64. The highest BCUT2D eigenvalue weighted by atomic mass is 19.1. The van der Waals surface area contributed by atoms with Crippen LogP contribution >= 0.6 is 0 Å². The maximum atomic E-state index is 13.7. The van der Waals surface area contributed by atoms with Gasteiger partial charge in [0, 0.05) is 18.8 Å². The van der Waals surface area contributed by atoms with Gasteiger partial charge in [0.25, 0.3) is 0 Å². The number of benzene rings is 1. The van der Waals surface area contributed by atoms with Crippen LogP contribution in [0, 0.1) is 5.82 Å². The van der Waals surface area contributed by atoms with Gasteiger partial charge in [0.05, 0.1) is 12.8 Å². The second kappa shape index (κ2) is 5.64. The van der Waals surface area contributed by atoms with Crippen LogP contribution in [-0.4, -0.2) is 23.4 Å². The van der Waals surface area contributed by atoms with E-state index < -0.39 is 0 Å². The van der Waals surface area contributed by atoms with Crippen LogP contribution in [0.5, 0.6) is 5.75 Å². The molecule has 1 N–H and O–H groups in total. The van der Waals surface area contributed by atoms with Crippen molar-refractivity contribution in [3.8, 4) is 11.4 Å². The molecule has 0 aliphatic rings. The van der Waals surface area contributed by atoms with Gasteiger partial charge < -0.3 is 10.1 Å². The second-order valence-corrected chi connectivity index (χ2v) is 3.85. The number of hydrogen-bond donors (Lipinski definition) is 1. The molecule has 0 spiro atoms. The summed E-state index contributed by atoms with van der Waals surface area (Å²) in [5, 5.41) is 7.49. The highest BCUT2D eigenvalue weighted by Gasteiger charge is 2.08. The van der Waals surface area contributed by atoms with Crippen LogP contribution < -0.4 is 10.1 Å². The van der Waals surface area contributed by atoms with E-state index in [2.05, 4.69) is 10.4 Å². The standard InChI is InChI=1S/C13H16FN3O/c1-3-15-9-10-6-7-17(16-10)13-8-11(18-2)4-5-12(13)14/h4-8,15H,3,9H2,1-2H3. The Labute approximate surface area is 105 Å². The van der Waals surface area contributed by atoms with E-state index in [-0.39, 0.29) is 5.82 Å². The van der Waals surface area contributed by atoms with Crippen molar-refractivity contribution in [2.75, 3.05) is 13.7 Å². The maximum Gasteiger partial charge on any atom is 0.149 e. The van der Waals surface area contributed by atoms with E-state index in [4.69, 9.17) is 4.74 Å². The first-order valence-corrected chi connectivity index (χ1v) is 5.83. The third-order valence-electron chi connectivity index (χ3n) is 2.60. The Kier molecular flexibility index (Phi) is 3.94. The second-order valence-electron chi connectivity index (χ2n) is 3.85. The van der Waals surface area contributed by atoms with Gasteiger partial charge in [-0.05, 0) is 24.7 Å². The fourth-order valence-electron chi connectivity index (χ4n) is 1.64. The van der Waals surface area contributed by atoms with E-state index >= 15 is 0 Å². The number of nitrogens with zero attached hydrogens (tertiary/aromatic N) is 2. The monoisotopic (exact) mass is 249 g/mol. The molecule has 4 nitrogen and oxygen atoms in total. The number of nitrogens with one attached hydrogen (secondary N) is 1. The molecule has 0 aliphatic carbocycles. The Morgan fingerprint density at radius 3 is 2.94 bits per heavy atom. The van der Waals surface area contributed by atoms with Gasteiger partial charge in [-0.15, -0.1) is 0 Å². The summed E-state index contributed by atoms with van der Waals surface area (Å²) >= 11 is 0. The Balaban J connectivity index is 2.27. The first kappa shape index (κ1) is 12.6. The lowest BCUT2D eigenvalue weighted by atomic mass is 10.3. The molecule has 0 saturated carbocycles. The molecular formula is C13H16FN3O. The first-order chi connectivity index (χ1) is 8.74. The quantitative estimate of drug-likeness (QED) is 0.882. The van der Waals surface area contributed by atoms with Crippen LogP contribution in [0.25, 0.3) is 5.69 Å². The van der Waals surface area contributed by atoms with Gasteiger partial charge in [-0.1, -0.05) is 6.92 Å². The molecule has 0 atom stereocenters. The molecule has 0 bridgehead atoms. The number of ether oxygens (including phenoxy) is 1. The molecule has 96 valence electrons. The molecule has 18 heavy (non-hydrogen) atoms. The number of methoxy groups -OCH3 is 1. The fraction of sp³-hybridized carbons (Fsp3) is 0.308. The molecule has 0 aliphatic heterocycles. The van der Waals surface area contributed by atoms with E-state index in [9.17, 15) is 4.39 Å². The minimum Gasteiger partial charge on any atom is -0.497 e. The smallest absolute Gasteiger partial charge is 0.149 e. The summed E-state index contributed by atoms with van der Waals surface area (Å²) < 4.78 is 20.3. The number of aromatic nitrogens is 2. The van der Waals surface area contributed by atoms with E-state index in [0.29, 0.717) is 18.0 Å².